The van der Waals surface area contributed by atoms with Crippen LogP contribution in [0.5, 0.6) is 0 Å². The van der Waals surface area contributed by atoms with Gasteiger partial charge in [-0.1, -0.05) is 34.1 Å². The highest BCUT2D eigenvalue weighted by Gasteiger charge is 2.36. The van der Waals surface area contributed by atoms with E-state index in [-0.39, 0.29) is 0 Å². The summed E-state index contributed by atoms with van der Waals surface area (Å²) in [5.74, 6) is 0. The Labute approximate surface area is 93.2 Å². The van der Waals surface area contributed by atoms with E-state index in [1.165, 1.54) is 25.7 Å². The van der Waals surface area contributed by atoms with Gasteiger partial charge in [0.25, 0.3) is 0 Å². The topological polar surface area (TPSA) is 26.0 Å². The highest BCUT2D eigenvalue weighted by molar-refractivity contribution is 8.00. The fourth-order valence-electron chi connectivity index (χ4n) is 2.16. The van der Waals surface area contributed by atoms with Crippen molar-refractivity contribution in [3.8, 4) is 0 Å². The van der Waals surface area contributed by atoms with E-state index in [9.17, 15) is 0 Å². The molecule has 0 radical (unpaired) electrons. The molecule has 0 heterocycles. The van der Waals surface area contributed by atoms with Crippen molar-refractivity contribution in [1.82, 2.24) is 0 Å². The Balaban J connectivity index is 2.52. The lowest BCUT2D eigenvalue weighted by molar-refractivity contribution is 0.208. The summed E-state index contributed by atoms with van der Waals surface area (Å²) < 4.78 is 0. The lowest BCUT2D eigenvalue weighted by Gasteiger charge is -2.42. The summed E-state index contributed by atoms with van der Waals surface area (Å²) in [5.41, 5.74) is 6.69. The van der Waals surface area contributed by atoms with Crippen LogP contribution in [0, 0.1) is 5.41 Å². The quantitative estimate of drug-likeness (QED) is 0.780. The maximum atomic E-state index is 6.34. The van der Waals surface area contributed by atoms with Gasteiger partial charge in [-0.05, 0) is 24.7 Å². The lowest BCUT2D eigenvalue weighted by Crippen LogP contribution is -2.48. The van der Waals surface area contributed by atoms with Gasteiger partial charge in [-0.15, -0.1) is 0 Å². The van der Waals surface area contributed by atoms with Gasteiger partial charge in [0.15, 0.2) is 0 Å². The summed E-state index contributed by atoms with van der Waals surface area (Å²) in [6.45, 7) is 9.22. The van der Waals surface area contributed by atoms with E-state index in [0.29, 0.717) is 16.7 Å². The Morgan fingerprint density at radius 2 is 2.14 bits per heavy atom. The molecule has 0 saturated heterocycles. The molecule has 2 N–H and O–H groups in total. The van der Waals surface area contributed by atoms with Crippen molar-refractivity contribution in [2.24, 2.45) is 11.1 Å². The first-order valence-corrected chi connectivity index (χ1v) is 6.82. The van der Waals surface area contributed by atoms with Crippen LogP contribution in [0.15, 0.2) is 0 Å². The Morgan fingerprint density at radius 3 is 2.71 bits per heavy atom. The molecular formula is C12H25NS. The van der Waals surface area contributed by atoms with E-state index in [2.05, 4.69) is 39.5 Å². The minimum absolute atomic E-state index is 0.351. The van der Waals surface area contributed by atoms with Crippen molar-refractivity contribution < 1.29 is 0 Å². The maximum Gasteiger partial charge on any atom is 0.0211 e. The van der Waals surface area contributed by atoms with Crippen molar-refractivity contribution in [1.29, 1.82) is 0 Å². The van der Waals surface area contributed by atoms with Crippen LogP contribution in [-0.4, -0.2) is 16.5 Å². The second-order valence-electron chi connectivity index (χ2n) is 5.30. The predicted octanol–water partition coefficient (Wildman–Crippen LogP) is 3.42. The summed E-state index contributed by atoms with van der Waals surface area (Å²) in [6, 6.07) is 0.384. The van der Waals surface area contributed by atoms with Crippen LogP contribution in [0.2, 0.25) is 0 Å². The van der Waals surface area contributed by atoms with E-state index < -0.39 is 0 Å². The normalized spacial score (nSPS) is 34.1. The molecule has 1 fully saturated rings. The Bertz CT molecular complexity index is 179. The highest BCUT2D eigenvalue weighted by Crippen LogP contribution is 2.40. The fraction of sp³-hybridized carbons (Fsp3) is 1.00. The Kier molecular flexibility index (Phi) is 4.32. The lowest BCUT2D eigenvalue weighted by atomic mass is 9.73. The van der Waals surface area contributed by atoms with Crippen LogP contribution in [-0.2, 0) is 0 Å². The summed E-state index contributed by atoms with van der Waals surface area (Å²) in [4.78, 5) is 0. The molecule has 0 bridgehead atoms. The molecule has 1 aliphatic rings. The van der Waals surface area contributed by atoms with E-state index in [0.717, 1.165) is 5.25 Å². The number of hydrogen-bond donors (Lipinski definition) is 1. The van der Waals surface area contributed by atoms with Crippen molar-refractivity contribution in [2.45, 2.75) is 69.9 Å². The largest absolute Gasteiger partial charge is 0.326 e. The molecule has 84 valence electrons. The zero-order valence-electron chi connectivity index (χ0n) is 10.0. The predicted molar refractivity (Wildman–Crippen MR) is 66.7 cm³/mol. The maximum absolute atomic E-state index is 6.34. The van der Waals surface area contributed by atoms with Crippen LogP contribution < -0.4 is 5.73 Å². The zero-order chi connectivity index (χ0) is 10.8. The summed E-state index contributed by atoms with van der Waals surface area (Å²) >= 11 is 2.11. The third kappa shape index (κ3) is 2.90. The molecule has 0 amide bonds. The van der Waals surface area contributed by atoms with Crippen molar-refractivity contribution in [2.75, 3.05) is 0 Å². The fourth-order valence-corrected chi connectivity index (χ4v) is 3.79. The van der Waals surface area contributed by atoms with Gasteiger partial charge >= 0.3 is 0 Å². The van der Waals surface area contributed by atoms with Crippen LogP contribution in [0.25, 0.3) is 0 Å². The van der Waals surface area contributed by atoms with E-state index in [1.807, 2.05) is 0 Å². The summed E-state index contributed by atoms with van der Waals surface area (Å²) in [5, 5.41) is 1.45. The third-order valence-electron chi connectivity index (χ3n) is 3.59. The molecular weight excluding hydrogens is 190 g/mol. The second-order valence-corrected chi connectivity index (χ2v) is 6.98. The molecule has 0 aromatic rings. The van der Waals surface area contributed by atoms with Gasteiger partial charge in [0.2, 0.25) is 0 Å². The summed E-state index contributed by atoms with van der Waals surface area (Å²) in [6.07, 6.45) is 5.23. The highest BCUT2D eigenvalue weighted by atomic mass is 32.2. The standard InChI is InChI=1S/C12H25NS/c1-5-9(2)14-10-7-6-8-12(3,4)11(10)13/h9-11H,5-8,13H2,1-4H3. The molecule has 0 aromatic heterocycles. The molecule has 1 rings (SSSR count). The molecule has 1 aliphatic carbocycles. The van der Waals surface area contributed by atoms with Crippen molar-refractivity contribution in [3.05, 3.63) is 0 Å². The summed E-state index contributed by atoms with van der Waals surface area (Å²) in [7, 11) is 0. The van der Waals surface area contributed by atoms with E-state index in [1.54, 1.807) is 0 Å². The molecule has 0 aliphatic heterocycles. The monoisotopic (exact) mass is 215 g/mol. The molecule has 3 unspecified atom stereocenters. The zero-order valence-corrected chi connectivity index (χ0v) is 10.9. The first-order valence-electron chi connectivity index (χ1n) is 5.88. The van der Waals surface area contributed by atoms with Gasteiger partial charge in [-0.3, -0.25) is 0 Å². The van der Waals surface area contributed by atoms with Gasteiger partial charge in [0.05, 0.1) is 0 Å². The molecule has 0 aromatic carbocycles. The minimum Gasteiger partial charge on any atom is -0.326 e. The van der Waals surface area contributed by atoms with Gasteiger partial charge in [-0.2, -0.15) is 11.8 Å². The number of nitrogens with two attached hydrogens (primary N) is 1. The third-order valence-corrected chi connectivity index (χ3v) is 5.27. The van der Waals surface area contributed by atoms with Crippen molar-refractivity contribution >= 4 is 11.8 Å². The Hall–Kier alpha value is 0.310. The van der Waals surface area contributed by atoms with Gasteiger partial charge in [-0.25, -0.2) is 0 Å². The smallest absolute Gasteiger partial charge is 0.0211 e. The van der Waals surface area contributed by atoms with Crippen LogP contribution in [0.4, 0.5) is 0 Å². The van der Waals surface area contributed by atoms with Crippen LogP contribution in [0.3, 0.4) is 0 Å². The average molecular weight is 215 g/mol. The number of thioether (sulfide) groups is 1. The molecule has 1 nitrogen and oxygen atoms in total. The van der Waals surface area contributed by atoms with Crippen LogP contribution in [0.1, 0.15) is 53.4 Å². The van der Waals surface area contributed by atoms with Crippen LogP contribution >= 0.6 is 11.8 Å². The number of rotatable bonds is 3. The SMILES string of the molecule is CCC(C)SC1CCCC(C)(C)C1N. The van der Waals surface area contributed by atoms with Gasteiger partial charge in [0, 0.05) is 16.5 Å². The minimum atomic E-state index is 0.351. The van der Waals surface area contributed by atoms with Crippen molar-refractivity contribution in [3.63, 3.8) is 0 Å². The molecule has 2 heteroatoms. The number of hydrogen-bond acceptors (Lipinski definition) is 2. The molecule has 0 spiro atoms. The van der Waals surface area contributed by atoms with Gasteiger partial charge in [0.1, 0.15) is 0 Å². The van der Waals surface area contributed by atoms with E-state index in [4.69, 9.17) is 5.73 Å². The molecule has 1 saturated carbocycles. The Morgan fingerprint density at radius 1 is 1.50 bits per heavy atom. The van der Waals surface area contributed by atoms with Gasteiger partial charge < -0.3 is 5.73 Å². The average Bonchev–Trinajstić information content (AvgIpc) is 2.12. The first-order chi connectivity index (χ1) is 6.47. The first kappa shape index (κ1) is 12.4. The molecule has 3 atom stereocenters. The molecule has 14 heavy (non-hydrogen) atoms. The second kappa shape index (κ2) is 4.89. The van der Waals surface area contributed by atoms with E-state index >= 15 is 0 Å².